The van der Waals surface area contributed by atoms with E-state index >= 15 is 4.39 Å². The van der Waals surface area contributed by atoms with Gasteiger partial charge in [0.25, 0.3) is 0 Å². The van der Waals surface area contributed by atoms with Crippen LogP contribution in [0.5, 0.6) is 0 Å². The van der Waals surface area contributed by atoms with Crippen LogP contribution in [0, 0.1) is 5.82 Å². The Labute approximate surface area is 271 Å². The molecule has 1 saturated heterocycles. The molecule has 2 aromatic heterocycles. The van der Waals surface area contributed by atoms with Crippen LogP contribution in [-0.2, 0) is 9.47 Å². The molecular weight excluding hydrogens is 613 g/mol. The van der Waals surface area contributed by atoms with Crippen molar-refractivity contribution in [1.29, 1.82) is 0 Å². The predicted molar refractivity (Wildman–Crippen MR) is 176 cm³/mol. The second kappa shape index (κ2) is 12.7. The Balaban J connectivity index is 1.77. The molecule has 1 atom stereocenters. The van der Waals surface area contributed by atoms with E-state index in [1.54, 1.807) is 41.3 Å². The standard InChI is InChI=1S/C34H37ClFN5O5/c1-19(2)21-12-10-13-23(31(42)45-7)28(21)41-30-24(17-25(35)27(37-30)22-11-8-9-14-26(22)36)29(38-32(41)43)40-16-15-39(18-20(40)3)33(44)46-34(4,5)6/h8-14,17,19-20H,15-16,18H2,1-7H3/t20-/m0/s1. The fourth-order valence-corrected chi connectivity index (χ4v) is 5.94. The molecule has 242 valence electrons. The molecule has 10 nitrogen and oxygen atoms in total. The van der Waals surface area contributed by atoms with Crippen LogP contribution in [0.15, 0.2) is 53.3 Å². The molecule has 5 rings (SSSR count). The van der Waals surface area contributed by atoms with Gasteiger partial charge in [-0.25, -0.2) is 28.3 Å². The summed E-state index contributed by atoms with van der Waals surface area (Å²) in [5.74, 6) is -0.981. The maximum Gasteiger partial charge on any atom is 0.410 e. The van der Waals surface area contributed by atoms with E-state index in [4.69, 9.17) is 26.1 Å². The van der Waals surface area contributed by atoms with Crippen molar-refractivity contribution in [2.24, 2.45) is 0 Å². The zero-order valence-corrected chi connectivity index (χ0v) is 27.7. The summed E-state index contributed by atoms with van der Waals surface area (Å²) in [5, 5.41) is 0.563. The molecule has 1 aliphatic heterocycles. The number of hydrogen-bond donors (Lipinski definition) is 0. The third-order valence-electron chi connectivity index (χ3n) is 7.80. The maximum absolute atomic E-state index is 15.1. The molecule has 0 unspecified atom stereocenters. The van der Waals surface area contributed by atoms with E-state index in [-0.39, 0.29) is 45.1 Å². The molecule has 46 heavy (non-hydrogen) atoms. The minimum absolute atomic E-state index is 0.111. The van der Waals surface area contributed by atoms with Gasteiger partial charge in [0.2, 0.25) is 0 Å². The van der Waals surface area contributed by atoms with Gasteiger partial charge in [-0.15, -0.1) is 0 Å². The number of pyridine rings is 1. The van der Waals surface area contributed by atoms with E-state index in [1.165, 1.54) is 17.7 Å². The smallest absolute Gasteiger partial charge is 0.410 e. The molecule has 0 N–H and O–H groups in total. The topological polar surface area (TPSA) is 107 Å². The lowest BCUT2D eigenvalue weighted by atomic mass is 9.97. The van der Waals surface area contributed by atoms with Gasteiger partial charge in [0, 0.05) is 31.2 Å². The summed E-state index contributed by atoms with van der Waals surface area (Å²) in [5.41, 5.74) is 0.177. The molecule has 1 fully saturated rings. The highest BCUT2D eigenvalue weighted by atomic mass is 35.5. The van der Waals surface area contributed by atoms with Crippen molar-refractivity contribution in [1.82, 2.24) is 19.4 Å². The summed E-state index contributed by atoms with van der Waals surface area (Å²) >= 11 is 6.80. The van der Waals surface area contributed by atoms with Crippen LogP contribution in [0.25, 0.3) is 28.0 Å². The van der Waals surface area contributed by atoms with Crippen molar-refractivity contribution >= 4 is 40.5 Å². The molecule has 0 saturated carbocycles. The average molecular weight is 650 g/mol. The van der Waals surface area contributed by atoms with Crippen LogP contribution in [0.1, 0.15) is 63.4 Å². The van der Waals surface area contributed by atoms with Gasteiger partial charge in [-0.2, -0.15) is 4.98 Å². The van der Waals surface area contributed by atoms with Gasteiger partial charge in [0.05, 0.1) is 34.5 Å². The number of piperazine rings is 1. The van der Waals surface area contributed by atoms with Gasteiger partial charge in [0.1, 0.15) is 17.2 Å². The van der Waals surface area contributed by atoms with Crippen molar-refractivity contribution < 1.29 is 23.5 Å². The lowest BCUT2D eigenvalue weighted by Crippen LogP contribution is -2.55. The highest BCUT2D eigenvalue weighted by molar-refractivity contribution is 6.33. The van der Waals surface area contributed by atoms with Crippen molar-refractivity contribution in [2.45, 2.75) is 59.1 Å². The number of anilines is 1. The van der Waals surface area contributed by atoms with Crippen LogP contribution < -0.4 is 10.6 Å². The summed E-state index contributed by atoms with van der Waals surface area (Å²) in [7, 11) is 1.27. The number of carbonyl (C=O) groups excluding carboxylic acids is 2. The van der Waals surface area contributed by atoms with Gasteiger partial charge in [-0.05, 0) is 63.4 Å². The first-order valence-corrected chi connectivity index (χ1v) is 15.4. The monoisotopic (exact) mass is 649 g/mol. The Kier molecular flexibility index (Phi) is 9.08. The predicted octanol–water partition coefficient (Wildman–Crippen LogP) is 6.60. The van der Waals surface area contributed by atoms with E-state index in [2.05, 4.69) is 4.98 Å². The first-order valence-electron chi connectivity index (χ1n) is 15.1. The summed E-state index contributed by atoms with van der Waals surface area (Å²) in [4.78, 5) is 53.0. The fourth-order valence-electron chi connectivity index (χ4n) is 5.68. The molecular formula is C34H37ClFN5O5. The number of benzene rings is 2. The third-order valence-corrected chi connectivity index (χ3v) is 8.09. The molecule has 1 aliphatic rings. The molecule has 1 amide bonds. The zero-order valence-electron chi connectivity index (χ0n) is 26.9. The molecule has 0 radical (unpaired) electrons. The molecule has 0 bridgehead atoms. The van der Waals surface area contributed by atoms with Gasteiger partial charge in [0.15, 0.2) is 5.65 Å². The normalized spacial score (nSPS) is 15.4. The van der Waals surface area contributed by atoms with E-state index in [1.807, 2.05) is 52.5 Å². The van der Waals surface area contributed by atoms with Gasteiger partial charge >= 0.3 is 17.8 Å². The number of esters is 1. The second-order valence-electron chi connectivity index (χ2n) is 12.6. The summed E-state index contributed by atoms with van der Waals surface area (Å²) in [6.45, 7) is 12.2. The number of carbonyl (C=O) groups is 2. The molecule has 4 aromatic rings. The first-order chi connectivity index (χ1) is 21.7. The summed E-state index contributed by atoms with van der Waals surface area (Å²) < 4.78 is 27.0. The quantitative estimate of drug-likeness (QED) is 0.223. The Morgan fingerprint density at radius 1 is 1.07 bits per heavy atom. The number of para-hydroxylation sites is 1. The van der Waals surface area contributed by atoms with Crippen LogP contribution in [-0.4, -0.2) is 69.9 Å². The van der Waals surface area contributed by atoms with Crippen LogP contribution >= 0.6 is 11.6 Å². The lowest BCUT2D eigenvalue weighted by Gasteiger charge is -2.41. The zero-order chi connectivity index (χ0) is 33.5. The van der Waals surface area contributed by atoms with Gasteiger partial charge in [-0.1, -0.05) is 49.7 Å². The van der Waals surface area contributed by atoms with Crippen molar-refractivity contribution in [2.75, 3.05) is 31.6 Å². The first kappa shape index (κ1) is 32.9. The van der Waals surface area contributed by atoms with E-state index in [0.29, 0.717) is 36.4 Å². The fraction of sp³-hybridized carbons (Fsp3) is 0.382. The van der Waals surface area contributed by atoms with Crippen LogP contribution in [0.4, 0.5) is 15.0 Å². The van der Waals surface area contributed by atoms with Crippen molar-refractivity contribution in [3.05, 3.63) is 81.0 Å². The molecule has 2 aromatic carbocycles. The minimum Gasteiger partial charge on any atom is -0.465 e. The Morgan fingerprint density at radius 2 is 1.78 bits per heavy atom. The number of hydrogen-bond acceptors (Lipinski definition) is 8. The van der Waals surface area contributed by atoms with Crippen molar-refractivity contribution in [3.63, 3.8) is 0 Å². The highest BCUT2D eigenvalue weighted by Crippen LogP contribution is 2.36. The third kappa shape index (κ3) is 6.28. The minimum atomic E-state index is -0.697. The Morgan fingerprint density at radius 3 is 2.41 bits per heavy atom. The highest BCUT2D eigenvalue weighted by Gasteiger charge is 2.33. The number of nitrogens with zero attached hydrogens (tertiary/aromatic N) is 5. The van der Waals surface area contributed by atoms with E-state index in [0.717, 1.165) is 0 Å². The molecule has 0 spiro atoms. The largest absolute Gasteiger partial charge is 0.465 e. The molecule has 12 heteroatoms. The Bertz CT molecular complexity index is 1890. The molecule has 3 heterocycles. The number of halogens is 2. The van der Waals surface area contributed by atoms with Crippen LogP contribution in [0.3, 0.4) is 0 Å². The number of ether oxygens (including phenoxy) is 2. The summed E-state index contributed by atoms with van der Waals surface area (Å²) in [6.07, 6.45) is -0.424. The maximum atomic E-state index is 15.1. The SMILES string of the molecule is COC(=O)c1cccc(C(C)C)c1-n1c(=O)nc(N2CCN(C(=O)OC(C)(C)C)C[C@@H]2C)c2cc(Cl)c(-c3ccccc3F)nc21. The average Bonchev–Trinajstić information content (AvgIpc) is 2.99. The van der Waals surface area contributed by atoms with E-state index < -0.39 is 29.2 Å². The molecule has 0 aliphatic carbocycles. The van der Waals surface area contributed by atoms with Crippen molar-refractivity contribution in [3.8, 4) is 16.9 Å². The number of fused-ring (bicyclic) bond motifs is 1. The number of amides is 1. The lowest BCUT2D eigenvalue weighted by molar-refractivity contribution is 0.0218. The number of methoxy groups -OCH3 is 1. The van der Waals surface area contributed by atoms with Crippen LogP contribution in [0.2, 0.25) is 5.02 Å². The number of aromatic nitrogens is 3. The van der Waals surface area contributed by atoms with E-state index in [9.17, 15) is 14.4 Å². The Hall–Kier alpha value is -4.51. The second-order valence-corrected chi connectivity index (χ2v) is 13.0. The van der Waals surface area contributed by atoms with Gasteiger partial charge in [-0.3, -0.25) is 0 Å². The van der Waals surface area contributed by atoms with Gasteiger partial charge < -0.3 is 19.3 Å². The summed E-state index contributed by atoms with van der Waals surface area (Å²) in [6, 6.07) is 12.6. The number of rotatable bonds is 5.